The number of hydrogen-bond donors (Lipinski definition) is 0. The van der Waals surface area contributed by atoms with E-state index in [-0.39, 0.29) is 31.1 Å². The van der Waals surface area contributed by atoms with Crippen LogP contribution in [0.5, 0.6) is 0 Å². The molecule has 1 unspecified atom stereocenters. The van der Waals surface area contributed by atoms with E-state index in [0.717, 1.165) is 148 Å². The van der Waals surface area contributed by atoms with Crippen molar-refractivity contribution in [1.82, 2.24) is 0 Å². The summed E-state index contributed by atoms with van der Waals surface area (Å²) in [5.74, 6) is -0.957. The number of rotatable bonds is 51. The van der Waals surface area contributed by atoms with E-state index in [1.165, 1.54) is 57.8 Å². The first-order valence-electron chi connectivity index (χ1n) is 29.2. The van der Waals surface area contributed by atoms with Gasteiger partial charge in [0.2, 0.25) is 0 Å². The van der Waals surface area contributed by atoms with Crippen LogP contribution < -0.4 is 0 Å². The summed E-state index contributed by atoms with van der Waals surface area (Å²) in [6, 6.07) is 0. The molecule has 0 aromatic rings. The third kappa shape index (κ3) is 56.5. The topological polar surface area (TPSA) is 78.9 Å². The molecule has 1 atom stereocenters. The van der Waals surface area contributed by atoms with E-state index in [4.69, 9.17) is 14.2 Å². The molecule has 0 saturated carbocycles. The minimum absolute atomic E-state index is 0.0961. The summed E-state index contributed by atoms with van der Waals surface area (Å²) < 4.78 is 16.7. The van der Waals surface area contributed by atoms with Crippen LogP contribution >= 0.6 is 0 Å². The lowest BCUT2D eigenvalue weighted by Crippen LogP contribution is -2.30. The summed E-state index contributed by atoms with van der Waals surface area (Å²) in [6.45, 7) is 6.38. The molecular formula is C66H106O6. The number of esters is 3. The van der Waals surface area contributed by atoms with Crippen LogP contribution in [-0.4, -0.2) is 37.2 Å². The van der Waals surface area contributed by atoms with Crippen molar-refractivity contribution in [3.8, 4) is 0 Å². The fourth-order valence-electron chi connectivity index (χ4n) is 7.52. The molecule has 6 nitrogen and oxygen atoms in total. The molecule has 0 amide bonds. The Bertz CT molecular complexity index is 1560. The van der Waals surface area contributed by atoms with E-state index >= 15 is 0 Å². The first-order chi connectivity index (χ1) is 35.5. The molecule has 0 spiro atoms. The number of carbonyl (C=O) groups excluding carboxylic acids is 3. The van der Waals surface area contributed by atoms with Gasteiger partial charge in [-0.15, -0.1) is 0 Å². The van der Waals surface area contributed by atoms with Gasteiger partial charge in [-0.25, -0.2) is 0 Å². The summed E-state index contributed by atoms with van der Waals surface area (Å²) in [4.78, 5) is 37.8. The first-order valence-corrected chi connectivity index (χ1v) is 29.2. The number of carbonyl (C=O) groups is 3. The monoisotopic (exact) mass is 995 g/mol. The molecule has 0 aliphatic carbocycles. The average Bonchev–Trinajstić information content (AvgIpc) is 3.38. The molecule has 0 aliphatic heterocycles. The molecule has 0 bridgehead atoms. The van der Waals surface area contributed by atoms with Gasteiger partial charge >= 0.3 is 17.9 Å². The van der Waals surface area contributed by atoms with Crippen molar-refractivity contribution in [2.75, 3.05) is 13.2 Å². The van der Waals surface area contributed by atoms with Crippen LogP contribution in [0.1, 0.15) is 245 Å². The highest BCUT2D eigenvalue weighted by Gasteiger charge is 2.19. The summed E-state index contributed by atoms with van der Waals surface area (Å²) in [7, 11) is 0. The van der Waals surface area contributed by atoms with Gasteiger partial charge in [-0.2, -0.15) is 0 Å². The summed E-state index contributed by atoms with van der Waals surface area (Å²) in [5.41, 5.74) is 0. The zero-order valence-corrected chi connectivity index (χ0v) is 46.4. The minimum atomic E-state index is -0.797. The van der Waals surface area contributed by atoms with Crippen molar-refractivity contribution < 1.29 is 28.6 Å². The Hall–Kier alpha value is -4.45. The highest BCUT2D eigenvalue weighted by atomic mass is 16.6. The van der Waals surface area contributed by atoms with Gasteiger partial charge in [0.1, 0.15) is 13.2 Å². The van der Waals surface area contributed by atoms with E-state index < -0.39 is 6.10 Å². The average molecular weight is 996 g/mol. The van der Waals surface area contributed by atoms with Gasteiger partial charge in [0.25, 0.3) is 0 Å². The number of allylic oxidation sites excluding steroid dienone is 22. The van der Waals surface area contributed by atoms with E-state index in [1.807, 2.05) is 0 Å². The SMILES string of the molecule is CC/C=C\C/C=C\C/C=C\C/C=C\C/C=C\C/C=C\C/C=C\C/C=C\C/C=C\CCCCCC(=O)OCC(COC(=O)CCCCCCC)OC(=O)CCCCCCCCC/C=C\C/C=C\CCCCCC. The molecule has 0 N–H and O–H groups in total. The van der Waals surface area contributed by atoms with Crippen molar-refractivity contribution in [3.05, 3.63) is 134 Å². The highest BCUT2D eigenvalue weighted by Crippen LogP contribution is 2.13. The highest BCUT2D eigenvalue weighted by molar-refractivity contribution is 5.71. The predicted octanol–water partition coefficient (Wildman–Crippen LogP) is 19.8. The molecule has 0 radical (unpaired) electrons. The molecule has 406 valence electrons. The smallest absolute Gasteiger partial charge is 0.306 e. The maximum atomic E-state index is 12.8. The molecule has 0 saturated heterocycles. The Labute approximate surface area is 443 Å². The van der Waals surface area contributed by atoms with Crippen LogP contribution in [0.2, 0.25) is 0 Å². The Balaban J connectivity index is 4.20. The fraction of sp³-hybridized carbons (Fsp3) is 0.621. The normalized spacial score (nSPS) is 13.1. The van der Waals surface area contributed by atoms with Crippen LogP contribution in [0.4, 0.5) is 0 Å². The second-order valence-electron chi connectivity index (χ2n) is 18.8. The van der Waals surface area contributed by atoms with Crippen LogP contribution in [-0.2, 0) is 28.6 Å². The fourth-order valence-corrected chi connectivity index (χ4v) is 7.52. The second-order valence-corrected chi connectivity index (χ2v) is 18.8. The molecule has 0 aromatic carbocycles. The van der Waals surface area contributed by atoms with Gasteiger partial charge in [0.15, 0.2) is 6.10 Å². The Kier molecular flexibility index (Phi) is 55.5. The van der Waals surface area contributed by atoms with Crippen molar-refractivity contribution in [2.45, 2.75) is 252 Å². The molecule has 0 fully saturated rings. The van der Waals surface area contributed by atoms with E-state index in [2.05, 4.69) is 154 Å². The summed E-state index contributed by atoms with van der Waals surface area (Å²) >= 11 is 0. The van der Waals surface area contributed by atoms with Crippen molar-refractivity contribution >= 4 is 17.9 Å². The maximum Gasteiger partial charge on any atom is 0.306 e. The van der Waals surface area contributed by atoms with Crippen LogP contribution in [0, 0.1) is 0 Å². The molecule has 6 heteroatoms. The van der Waals surface area contributed by atoms with Gasteiger partial charge < -0.3 is 14.2 Å². The maximum absolute atomic E-state index is 12.8. The molecule has 0 rings (SSSR count). The number of ether oxygens (including phenoxy) is 3. The van der Waals surface area contributed by atoms with Gasteiger partial charge in [-0.3, -0.25) is 14.4 Å². The lowest BCUT2D eigenvalue weighted by molar-refractivity contribution is -0.167. The predicted molar refractivity (Wildman–Crippen MR) is 311 cm³/mol. The van der Waals surface area contributed by atoms with Gasteiger partial charge in [0.05, 0.1) is 0 Å². The lowest BCUT2D eigenvalue weighted by Gasteiger charge is -2.18. The van der Waals surface area contributed by atoms with Gasteiger partial charge in [-0.05, 0) is 122 Å². The number of unbranched alkanes of at least 4 members (excludes halogenated alkanes) is 18. The van der Waals surface area contributed by atoms with Crippen molar-refractivity contribution in [1.29, 1.82) is 0 Å². The van der Waals surface area contributed by atoms with Crippen LogP contribution in [0.3, 0.4) is 0 Å². The Morgan fingerprint density at radius 2 is 0.542 bits per heavy atom. The zero-order chi connectivity index (χ0) is 52.2. The summed E-state index contributed by atoms with van der Waals surface area (Å²) in [6.07, 6.45) is 83.4. The number of hydrogen-bond acceptors (Lipinski definition) is 6. The molecule has 0 aromatic heterocycles. The van der Waals surface area contributed by atoms with Crippen molar-refractivity contribution in [3.63, 3.8) is 0 Å². The lowest BCUT2D eigenvalue weighted by atomic mass is 10.1. The second kappa shape index (κ2) is 59.1. The molecule has 72 heavy (non-hydrogen) atoms. The van der Waals surface area contributed by atoms with E-state index in [1.54, 1.807) is 0 Å². The standard InChI is InChI=1S/C66H106O6/c1-4-7-10-13-15-17-19-21-23-25-27-28-29-30-31-32-33-34-35-36-37-38-39-41-42-44-46-48-50-53-56-59-65(68)71-62-63(61-70-64(67)58-55-52-12-9-6-3)72-66(69)60-57-54-51-49-47-45-43-40-26-24-22-20-18-16-14-11-8-5-2/h7,10,15,17-18,20-21,23-24,26-28,30-31,33-34,36-37,39,41,44,46,63H,4-6,8-9,11-14,16,19,22,25,29,32,35,38,40,42-43,45,47-62H2,1-3H3/b10-7-,17-15-,20-18-,23-21-,26-24-,28-27-,31-30-,34-33-,37-36-,41-39-,46-44-. The third-order valence-electron chi connectivity index (χ3n) is 11.9. The minimum Gasteiger partial charge on any atom is -0.462 e. The Morgan fingerprint density at radius 1 is 0.292 bits per heavy atom. The molecular weight excluding hydrogens is 889 g/mol. The van der Waals surface area contributed by atoms with E-state index in [0.29, 0.717) is 19.3 Å². The van der Waals surface area contributed by atoms with E-state index in [9.17, 15) is 14.4 Å². The molecule has 0 aliphatic rings. The zero-order valence-electron chi connectivity index (χ0n) is 46.4. The third-order valence-corrected chi connectivity index (χ3v) is 11.9. The first kappa shape index (κ1) is 67.5. The van der Waals surface area contributed by atoms with Gasteiger partial charge in [0, 0.05) is 19.3 Å². The Morgan fingerprint density at radius 3 is 0.875 bits per heavy atom. The van der Waals surface area contributed by atoms with Crippen LogP contribution in [0.25, 0.3) is 0 Å². The van der Waals surface area contributed by atoms with Crippen molar-refractivity contribution in [2.24, 2.45) is 0 Å². The quantitative estimate of drug-likeness (QED) is 0.0261. The summed E-state index contributed by atoms with van der Waals surface area (Å²) in [5, 5.41) is 0. The van der Waals surface area contributed by atoms with Gasteiger partial charge in [-0.1, -0.05) is 238 Å². The largest absolute Gasteiger partial charge is 0.462 e. The van der Waals surface area contributed by atoms with Crippen LogP contribution in [0.15, 0.2) is 134 Å². The molecule has 0 heterocycles.